The topological polar surface area (TPSA) is 34.9 Å². The number of nitrogens with zero attached hydrogens (tertiary/aromatic N) is 2. The van der Waals surface area contributed by atoms with Crippen LogP contribution >= 0.6 is 0 Å². The fourth-order valence-corrected chi connectivity index (χ4v) is 2.09. The van der Waals surface area contributed by atoms with Crippen LogP contribution in [0.1, 0.15) is 10.4 Å². The van der Waals surface area contributed by atoms with E-state index in [2.05, 4.69) is 4.98 Å². The smallest absolute Gasteiger partial charge is 0.256 e. The maximum atomic E-state index is 12.3. The molecule has 21 heavy (non-hydrogen) atoms. The largest absolute Gasteiger partial charge is 0.269 e. The number of allylic oxidation sites excluding steroid dienone is 1. The van der Waals surface area contributed by atoms with Crippen LogP contribution < -0.4 is 0 Å². The molecule has 0 atom stereocenters. The van der Waals surface area contributed by atoms with Gasteiger partial charge >= 0.3 is 0 Å². The first kappa shape index (κ1) is 13.1. The maximum Gasteiger partial charge on any atom is 0.256 e. The average Bonchev–Trinajstić information content (AvgIpc) is 3.04. The van der Waals surface area contributed by atoms with Crippen molar-refractivity contribution >= 4 is 12.0 Å². The van der Waals surface area contributed by atoms with E-state index in [1.807, 2.05) is 60.7 Å². The molecule has 3 rings (SSSR count). The molecule has 0 aliphatic carbocycles. The van der Waals surface area contributed by atoms with Crippen LogP contribution in [0.4, 0.5) is 0 Å². The third-order valence-corrected chi connectivity index (χ3v) is 3.13. The summed E-state index contributed by atoms with van der Waals surface area (Å²) in [6.07, 6.45) is 6.68. The number of rotatable bonds is 3. The van der Waals surface area contributed by atoms with Crippen LogP contribution in [0.2, 0.25) is 0 Å². The summed E-state index contributed by atoms with van der Waals surface area (Å²) in [5, 5.41) is 0. The first-order valence-corrected chi connectivity index (χ1v) is 6.71. The molecule has 0 bridgehead atoms. The van der Waals surface area contributed by atoms with Crippen molar-refractivity contribution in [2.75, 3.05) is 0 Å². The Hall–Kier alpha value is -2.94. The molecule has 0 unspecified atom stereocenters. The summed E-state index contributed by atoms with van der Waals surface area (Å²) in [7, 11) is 0. The predicted octanol–water partition coefficient (Wildman–Crippen LogP) is 3.90. The van der Waals surface area contributed by atoms with Gasteiger partial charge in [-0.05, 0) is 11.6 Å². The molecule has 3 aromatic rings. The van der Waals surface area contributed by atoms with Gasteiger partial charge < -0.3 is 0 Å². The molecule has 0 N–H and O–H groups in total. The van der Waals surface area contributed by atoms with Crippen LogP contribution in [0.3, 0.4) is 0 Å². The Balaban J connectivity index is 1.87. The van der Waals surface area contributed by atoms with Crippen molar-refractivity contribution in [2.24, 2.45) is 0 Å². The Bertz CT molecular complexity index is 758. The zero-order valence-corrected chi connectivity index (χ0v) is 11.4. The number of hydrogen-bond acceptors (Lipinski definition) is 2. The van der Waals surface area contributed by atoms with E-state index in [1.165, 1.54) is 0 Å². The summed E-state index contributed by atoms with van der Waals surface area (Å²) in [6, 6.07) is 19.4. The van der Waals surface area contributed by atoms with E-state index in [1.54, 1.807) is 29.1 Å². The van der Waals surface area contributed by atoms with Crippen LogP contribution in [0.5, 0.6) is 0 Å². The SMILES string of the molecule is O=C(/C=C/c1ccccc1)n1ccnc1-c1ccccc1. The van der Waals surface area contributed by atoms with Gasteiger partial charge in [-0.15, -0.1) is 0 Å². The lowest BCUT2D eigenvalue weighted by Gasteiger charge is -2.03. The van der Waals surface area contributed by atoms with Gasteiger partial charge in [0.25, 0.3) is 5.91 Å². The molecule has 0 saturated carbocycles. The second kappa shape index (κ2) is 6.01. The first-order valence-electron chi connectivity index (χ1n) is 6.71. The molecule has 0 spiro atoms. The van der Waals surface area contributed by atoms with Gasteiger partial charge in [0.2, 0.25) is 0 Å². The summed E-state index contributed by atoms with van der Waals surface area (Å²) in [5.74, 6) is 0.536. The number of benzene rings is 2. The molecule has 1 aromatic heterocycles. The van der Waals surface area contributed by atoms with E-state index >= 15 is 0 Å². The lowest BCUT2D eigenvalue weighted by molar-refractivity contribution is 0.0971. The molecular weight excluding hydrogens is 260 g/mol. The van der Waals surface area contributed by atoms with Gasteiger partial charge in [0.15, 0.2) is 0 Å². The highest BCUT2D eigenvalue weighted by Crippen LogP contribution is 2.16. The zero-order valence-electron chi connectivity index (χ0n) is 11.4. The predicted molar refractivity (Wildman–Crippen MR) is 83.8 cm³/mol. The molecule has 3 heteroatoms. The lowest BCUT2D eigenvalue weighted by Crippen LogP contribution is -2.07. The molecule has 0 saturated heterocycles. The van der Waals surface area contributed by atoms with Gasteiger partial charge in [-0.2, -0.15) is 0 Å². The van der Waals surface area contributed by atoms with Gasteiger partial charge in [-0.25, -0.2) is 4.98 Å². The molecule has 0 fully saturated rings. The Morgan fingerprint density at radius 1 is 0.952 bits per heavy atom. The highest BCUT2D eigenvalue weighted by Gasteiger charge is 2.09. The highest BCUT2D eigenvalue weighted by molar-refractivity contribution is 5.95. The van der Waals surface area contributed by atoms with Crippen LogP contribution in [-0.2, 0) is 0 Å². The zero-order chi connectivity index (χ0) is 14.5. The van der Waals surface area contributed by atoms with Crippen molar-refractivity contribution in [3.05, 3.63) is 84.7 Å². The van der Waals surface area contributed by atoms with Crippen LogP contribution in [-0.4, -0.2) is 15.5 Å². The summed E-state index contributed by atoms with van der Waals surface area (Å²) in [5.41, 5.74) is 1.91. The Morgan fingerprint density at radius 2 is 1.62 bits per heavy atom. The van der Waals surface area contributed by atoms with Crippen molar-refractivity contribution in [1.82, 2.24) is 9.55 Å². The molecule has 3 nitrogen and oxygen atoms in total. The molecular formula is C18H14N2O. The minimum atomic E-state index is -0.116. The average molecular weight is 274 g/mol. The van der Waals surface area contributed by atoms with Crippen molar-refractivity contribution in [3.63, 3.8) is 0 Å². The third-order valence-electron chi connectivity index (χ3n) is 3.13. The van der Waals surface area contributed by atoms with Crippen molar-refractivity contribution in [1.29, 1.82) is 0 Å². The van der Waals surface area contributed by atoms with E-state index in [9.17, 15) is 4.79 Å². The fourth-order valence-electron chi connectivity index (χ4n) is 2.09. The standard InChI is InChI=1S/C18H14N2O/c21-17(12-11-15-7-3-1-4-8-15)20-14-13-19-18(20)16-9-5-2-6-10-16/h1-14H/b12-11+. The quantitative estimate of drug-likeness (QED) is 0.679. The van der Waals surface area contributed by atoms with Crippen molar-refractivity contribution in [3.8, 4) is 11.4 Å². The van der Waals surface area contributed by atoms with Gasteiger partial charge in [0.1, 0.15) is 5.82 Å². The number of hydrogen-bond donors (Lipinski definition) is 0. The van der Waals surface area contributed by atoms with Gasteiger partial charge in [-0.3, -0.25) is 9.36 Å². The Kier molecular flexibility index (Phi) is 3.74. The maximum absolute atomic E-state index is 12.3. The van der Waals surface area contributed by atoms with Crippen molar-refractivity contribution < 1.29 is 4.79 Å². The van der Waals surface area contributed by atoms with Crippen LogP contribution in [0.15, 0.2) is 79.1 Å². The van der Waals surface area contributed by atoms with Crippen LogP contribution in [0, 0.1) is 0 Å². The minimum absolute atomic E-state index is 0.116. The van der Waals surface area contributed by atoms with Gasteiger partial charge in [-0.1, -0.05) is 60.7 Å². The highest BCUT2D eigenvalue weighted by atomic mass is 16.1. The van der Waals surface area contributed by atoms with Crippen molar-refractivity contribution in [2.45, 2.75) is 0 Å². The van der Waals surface area contributed by atoms with E-state index < -0.39 is 0 Å². The number of carbonyl (C=O) groups excluding carboxylic acids is 1. The normalized spacial score (nSPS) is 10.9. The second-order valence-corrected chi connectivity index (χ2v) is 4.57. The second-order valence-electron chi connectivity index (χ2n) is 4.57. The molecule has 0 radical (unpaired) electrons. The Morgan fingerprint density at radius 3 is 2.33 bits per heavy atom. The lowest BCUT2D eigenvalue weighted by atomic mass is 10.2. The van der Waals surface area contributed by atoms with E-state index in [4.69, 9.17) is 0 Å². The number of imidazole rings is 1. The molecule has 2 aromatic carbocycles. The molecule has 102 valence electrons. The van der Waals surface area contributed by atoms with E-state index in [-0.39, 0.29) is 5.91 Å². The summed E-state index contributed by atoms with van der Waals surface area (Å²) in [4.78, 5) is 16.6. The fraction of sp³-hybridized carbons (Fsp3) is 0. The first-order chi connectivity index (χ1) is 10.3. The molecule has 0 aliphatic rings. The van der Waals surface area contributed by atoms with Gasteiger partial charge in [0, 0.05) is 24.0 Å². The van der Waals surface area contributed by atoms with E-state index in [0.717, 1.165) is 11.1 Å². The van der Waals surface area contributed by atoms with E-state index in [0.29, 0.717) is 5.82 Å². The number of carbonyl (C=O) groups is 1. The van der Waals surface area contributed by atoms with Gasteiger partial charge in [0.05, 0.1) is 0 Å². The summed E-state index contributed by atoms with van der Waals surface area (Å²) >= 11 is 0. The molecule has 0 aliphatic heterocycles. The minimum Gasteiger partial charge on any atom is -0.269 e. The summed E-state index contributed by atoms with van der Waals surface area (Å²) in [6.45, 7) is 0. The monoisotopic (exact) mass is 274 g/mol. The summed E-state index contributed by atoms with van der Waals surface area (Å²) < 4.78 is 1.55. The molecule has 0 amide bonds. The molecule has 1 heterocycles. The third kappa shape index (κ3) is 2.98. The number of aromatic nitrogens is 2. The van der Waals surface area contributed by atoms with Crippen LogP contribution in [0.25, 0.3) is 17.5 Å². The Labute approximate surface area is 123 Å².